The lowest BCUT2D eigenvalue weighted by molar-refractivity contribution is -0.137. The standard InChI is InChI=1S/C10H10BrF3N2/c1-2-9(15)16-8-4-6(10(12,13)14)3-7(11)5-8/h3-5H,2H2,1H3,(H2,15,16). The average Bonchev–Trinajstić information content (AvgIpc) is 2.15. The van der Waals surface area contributed by atoms with E-state index < -0.39 is 11.7 Å². The van der Waals surface area contributed by atoms with Gasteiger partial charge in [0.2, 0.25) is 0 Å². The topological polar surface area (TPSA) is 38.4 Å². The fourth-order valence-corrected chi connectivity index (χ4v) is 1.53. The Hall–Kier alpha value is -1.04. The van der Waals surface area contributed by atoms with Crippen LogP contribution in [0.5, 0.6) is 0 Å². The summed E-state index contributed by atoms with van der Waals surface area (Å²) < 4.78 is 37.7. The van der Waals surface area contributed by atoms with Crippen molar-refractivity contribution < 1.29 is 13.2 Å². The molecule has 0 spiro atoms. The highest BCUT2D eigenvalue weighted by Gasteiger charge is 2.31. The molecule has 1 aromatic carbocycles. The van der Waals surface area contributed by atoms with Crippen molar-refractivity contribution in [2.45, 2.75) is 19.5 Å². The lowest BCUT2D eigenvalue weighted by Crippen LogP contribution is -2.09. The van der Waals surface area contributed by atoms with Crippen LogP contribution in [0.4, 0.5) is 18.9 Å². The number of aliphatic imine (C=N–C) groups is 1. The Morgan fingerprint density at radius 3 is 2.50 bits per heavy atom. The summed E-state index contributed by atoms with van der Waals surface area (Å²) in [6.45, 7) is 1.78. The smallest absolute Gasteiger partial charge is 0.387 e. The highest BCUT2D eigenvalue weighted by molar-refractivity contribution is 9.10. The molecule has 0 bridgehead atoms. The van der Waals surface area contributed by atoms with E-state index in [0.29, 0.717) is 16.7 Å². The van der Waals surface area contributed by atoms with Crippen molar-refractivity contribution in [3.63, 3.8) is 0 Å². The van der Waals surface area contributed by atoms with Gasteiger partial charge in [0.15, 0.2) is 0 Å². The van der Waals surface area contributed by atoms with Crippen LogP contribution in [0.15, 0.2) is 27.7 Å². The van der Waals surface area contributed by atoms with Crippen molar-refractivity contribution in [2.75, 3.05) is 0 Å². The van der Waals surface area contributed by atoms with E-state index in [9.17, 15) is 13.2 Å². The number of benzene rings is 1. The lowest BCUT2D eigenvalue weighted by Gasteiger charge is -2.08. The predicted octanol–water partition coefficient (Wildman–Crippen LogP) is 3.87. The lowest BCUT2D eigenvalue weighted by atomic mass is 10.2. The van der Waals surface area contributed by atoms with Gasteiger partial charge in [0, 0.05) is 10.9 Å². The second-order valence-corrected chi connectivity index (χ2v) is 4.07. The molecule has 0 aliphatic heterocycles. The third-order valence-corrected chi connectivity index (χ3v) is 2.30. The van der Waals surface area contributed by atoms with Crippen molar-refractivity contribution >= 4 is 27.5 Å². The minimum absolute atomic E-state index is 0.195. The fourth-order valence-electron chi connectivity index (χ4n) is 1.05. The maximum Gasteiger partial charge on any atom is 0.416 e. The Bertz CT molecular complexity index is 413. The van der Waals surface area contributed by atoms with Crippen molar-refractivity contribution in [2.24, 2.45) is 10.7 Å². The van der Waals surface area contributed by atoms with Crippen molar-refractivity contribution in [3.05, 3.63) is 28.2 Å². The molecule has 2 nitrogen and oxygen atoms in total. The van der Waals surface area contributed by atoms with Gasteiger partial charge in [-0.1, -0.05) is 22.9 Å². The third kappa shape index (κ3) is 3.52. The van der Waals surface area contributed by atoms with Crippen molar-refractivity contribution in [1.29, 1.82) is 0 Å². The highest BCUT2D eigenvalue weighted by atomic mass is 79.9. The maximum atomic E-state index is 12.5. The van der Waals surface area contributed by atoms with Gasteiger partial charge in [0.25, 0.3) is 0 Å². The molecule has 0 aliphatic carbocycles. The number of nitrogens with zero attached hydrogens (tertiary/aromatic N) is 1. The van der Waals surface area contributed by atoms with Crippen LogP contribution >= 0.6 is 15.9 Å². The summed E-state index contributed by atoms with van der Waals surface area (Å²) >= 11 is 3.01. The van der Waals surface area contributed by atoms with Crippen LogP contribution in [0, 0.1) is 0 Å². The molecule has 6 heteroatoms. The molecule has 0 amide bonds. The van der Waals surface area contributed by atoms with Crippen LogP contribution in [-0.4, -0.2) is 5.84 Å². The second kappa shape index (κ2) is 4.86. The van der Waals surface area contributed by atoms with Crippen molar-refractivity contribution in [3.8, 4) is 0 Å². The molecular formula is C10H10BrF3N2. The second-order valence-electron chi connectivity index (χ2n) is 3.15. The zero-order valence-corrected chi connectivity index (χ0v) is 10.1. The normalized spacial score (nSPS) is 12.9. The number of halogens is 4. The van der Waals surface area contributed by atoms with Crippen LogP contribution in [0.2, 0.25) is 0 Å². The summed E-state index contributed by atoms with van der Waals surface area (Å²) in [5.41, 5.74) is 4.92. The minimum Gasteiger partial charge on any atom is -0.387 e. The Kier molecular flexibility index (Phi) is 3.96. The summed E-state index contributed by atoms with van der Waals surface area (Å²) in [5, 5.41) is 0. The number of hydrogen-bond donors (Lipinski definition) is 1. The van der Waals surface area contributed by atoms with Crippen LogP contribution in [0.1, 0.15) is 18.9 Å². The van der Waals surface area contributed by atoms with Crippen LogP contribution in [0.25, 0.3) is 0 Å². The van der Waals surface area contributed by atoms with E-state index in [0.717, 1.165) is 12.1 Å². The molecule has 0 radical (unpaired) electrons. The number of amidine groups is 1. The fraction of sp³-hybridized carbons (Fsp3) is 0.300. The van der Waals surface area contributed by atoms with Gasteiger partial charge in [-0.05, 0) is 18.2 Å². The first-order valence-electron chi connectivity index (χ1n) is 4.53. The molecule has 0 aliphatic rings. The maximum absolute atomic E-state index is 12.5. The molecule has 88 valence electrons. The van der Waals surface area contributed by atoms with E-state index in [4.69, 9.17) is 5.73 Å². The highest BCUT2D eigenvalue weighted by Crippen LogP contribution is 2.34. The van der Waals surface area contributed by atoms with Crippen LogP contribution in [0.3, 0.4) is 0 Å². The minimum atomic E-state index is -4.38. The molecule has 0 heterocycles. The van der Waals surface area contributed by atoms with E-state index in [-0.39, 0.29) is 5.69 Å². The molecule has 0 aromatic heterocycles. The zero-order valence-electron chi connectivity index (χ0n) is 8.48. The molecule has 0 saturated carbocycles. The average molecular weight is 295 g/mol. The first kappa shape index (κ1) is 13.0. The molecule has 0 fully saturated rings. The Labute approximate surface area is 99.5 Å². The number of rotatable bonds is 2. The van der Waals surface area contributed by atoms with Gasteiger partial charge in [0.1, 0.15) is 0 Å². The molecular weight excluding hydrogens is 285 g/mol. The summed E-state index contributed by atoms with van der Waals surface area (Å²) in [6, 6.07) is 3.45. The molecule has 0 atom stereocenters. The summed E-state index contributed by atoms with van der Waals surface area (Å²) in [4.78, 5) is 3.88. The SMILES string of the molecule is CCC(N)=Nc1cc(Br)cc(C(F)(F)F)c1. The summed E-state index contributed by atoms with van der Waals surface area (Å²) in [5.74, 6) is 0.297. The van der Waals surface area contributed by atoms with Crippen molar-refractivity contribution in [1.82, 2.24) is 0 Å². The molecule has 16 heavy (non-hydrogen) atoms. The summed E-state index contributed by atoms with van der Waals surface area (Å²) in [6.07, 6.45) is -3.89. The largest absolute Gasteiger partial charge is 0.416 e. The first-order chi connectivity index (χ1) is 7.32. The van der Waals surface area contributed by atoms with Gasteiger partial charge in [-0.15, -0.1) is 0 Å². The monoisotopic (exact) mass is 294 g/mol. The van der Waals surface area contributed by atoms with Gasteiger partial charge in [-0.3, -0.25) is 0 Å². The molecule has 0 saturated heterocycles. The first-order valence-corrected chi connectivity index (χ1v) is 5.33. The van der Waals surface area contributed by atoms with E-state index in [2.05, 4.69) is 20.9 Å². The van der Waals surface area contributed by atoms with E-state index in [1.807, 2.05) is 0 Å². The van der Waals surface area contributed by atoms with Gasteiger partial charge in [-0.25, -0.2) is 4.99 Å². The van der Waals surface area contributed by atoms with Gasteiger partial charge in [0.05, 0.1) is 17.1 Å². The molecule has 1 rings (SSSR count). The Balaban J connectivity index is 3.19. The number of nitrogens with two attached hydrogens (primary N) is 1. The summed E-state index contributed by atoms with van der Waals surface area (Å²) in [7, 11) is 0. The third-order valence-electron chi connectivity index (χ3n) is 1.84. The predicted molar refractivity (Wildman–Crippen MR) is 60.7 cm³/mol. The number of alkyl halides is 3. The van der Waals surface area contributed by atoms with Gasteiger partial charge >= 0.3 is 6.18 Å². The Morgan fingerprint density at radius 1 is 1.38 bits per heavy atom. The quantitative estimate of drug-likeness (QED) is 0.653. The van der Waals surface area contributed by atoms with Crippen LogP contribution < -0.4 is 5.73 Å². The van der Waals surface area contributed by atoms with E-state index in [1.165, 1.54) is 6.07 Å². The number of hydrogen-bond acceptors (Lipinski definition) is 1. The van der Waals surface area contributed by atoms with Gasteiger partial charge in [-0.2, -0.15) is 13.2 Å². The van der Waals surface area contributed by atoms with Gasteiger partial charge < -0.3 is 5.73 Å². The van der Waals surface area contributed by atoms with Crippen LogP contribution in [-0.2, 0) is 6.18 Å². The molecule has 0 unspecified atom stereocenters. The molecule has 2 N–H and O–H groups in total. The Morgan fingerprint density at radius 2 is 2.00 bits per heavy atom. The zero-order chi connectivity index (χ0) is 12.3. The van der Waals surface area contributed by atoms with E-state index >= 15 is 0 Å². The van der Waals surface area contributed by atoms with E-state index in [1.54, 1.807) is 6.92 Å². The molecule has 1 aromatic rings.